The SMILES string of the molecule is COC1(Cl)[C]=CC=CN1C=O. The molecule has 1 atom stereocenters. The van der Waals surface area contributed by atoms with E-state index in [1.54, 1.807) is 12.2 Å². The molecular weight excluding hydrogens is 166 g/mol. The Labute approximate surface area is 69.9 Å². The van der Waals surface area contributed by atoms with Crippen LogP contribution in [0.3, 0.4) is 0 Å². The first-order valence-corrected chi connectivity index (χ1v) is 3.36. The number of alkyl halides is 1. The normalized spacial score (nSPS) is 29.1. The van der Waals surface area contributed by atoms with Gasteiger partial charge >= 0.3 is 0 Å². The Morgan fingerprint density at radius 2 is 2.55 bits per heavy atom. The average molecular weight is 173 g/mol. The highest BCUT2D eigenvalue weighted by molar-refractivity contribution is 6.24. The van der Waals surface area contributed by atoms with Gasteiger partial charge in [0, 0.05) is 19.4 Å². The summed E-state index contributed by atoms with van der Waals surface area (Å²) in [6, 6.07) is 0. The maximum Gasteiger partial charge on any atom is 0.252 e. The second kappa shape index (κ2) is 3.07. The average Bonchev–Trinajstić information content (AvgIpc) is 2.05. The number of hydrogen-bond donors (Lipinski definition) is 0. The lowest BCUT2D eigenvalue weighted by atomic mass is 10.3. The number of allylic oxidation sites excluding steroid dienone is 2. The number of carbonyl (C=O) groups is 1. The molecule has 0 bridgehead atoms. The van der Waals surface area contributed by atoms with Gasteiger partial charge < -0.3 is 4.74 Å². The van der Waals surface area contributed by atoms with Crippen LogP contribution in [0.5, 0.6) is 0 Å². The molecule has 0 aromatic carbocycles. The fraction of sp³-hybridized carbons (Fsp3) is 0.286. The third-order valence-corrected chi connectivity index (χ3v) is 1.78. The molecule has 1 amide bonds. The minimum atomic E-state index is -1.27. The van der Waals surface area contributed by atoms with Crippen molar-refractivity contribution in [2.24, 2.45) is 0 Å². The zero-order valence-electron chi connectivity index (χ0n) is 5.95. The van der Waals surface area contributed by atoms with Crippen molar-refractivity contribution in [1.29, 1.82) is 0 Å². The molecule has 0 N–H and O–H groups in total. The summed E-state index contributed by atoms with van der Waals surface area (Å²) in [5.41, 5.74) is 0. The Bertz CT molecular complexity index is 214. The second-order valence-corrected chi connectivity index (χ2v) is 2.44. The molecule has 0 aromatic heterocycles. The summed E-state index contributed by atoms with van der Waals surface area (Å²) in [6.07, 6.45) is 8.00. The predicted molar refractivity (Wildman–Crippen MR) is 40.4 cm³/mol. The maximum absolute atomic E-state index is 10.4. The summed E-state index contributed by atoms with van der Waals surface area (Å²) in [7, 11) is 1.41. The lowest BCUT2D eigenvalue weighted by Gasteiger charge is -2.30. The predicted octanol–water partition coefficient (Wildman–Crippen LogP) is 0.870. The van der Waals surface area contributed by atoms with E-state index in [4.69, 9.17) is 16.3 Å². The van der Waals surface area contributed by atoms with Gasteiger partial charge in [-0.2, -0.15) is 0 Å². The molecule has 1 aliphatic rings. The zero-order chi connectivity index (χ0) is 8.32. The number of hydrogen-bond acceptors (Lipinski definition) is 2. The van der Waals surface area contributed by atoms with Crippen molar-refractivity contribution in [3.8, 4) is 0 Å². The number of methoxy groups -OCH3 is 1. The van der Waals surface area contributed by atoms with Crippen LogP contribution in [-0.4, -0.2) is 23.6 Å². The summed E-state index contributed by atoms with van der Waals surface area (Å²) in [5.74, 6) is 0. The molecule has 11 heavy (non-hydrogen) atoms. The van der Waals surface area contributed by atoms with Crippen LogP contribution in [0.1, 0.15) is 0 Å². The van der Waals surface area contributed by atoms with Crippen LogP contribution in [0, 0.1) is 6.08 Å². The quantitative estimate of drug-likeness (QED) is 0.352. The van der Waals surface area contributed by atoms with E-state index in [9.17, 15) is 4.79 Å². The standard InChI is InChI=1S/C7H7ClNO2/c1-11-7(8)4-2-3-5-9(7)6-10/h2-3,5-6H,1H3. The van der Waals surface area contributed by atoms with Gasteiger partial charge in [-0.15, -0.1) is 0 Å². The molecule has 1 unspecified atom stereocenters. The smallest absolute Gasteiger partial charge is 0.252 e. The molecule has 4 heteroatoms. The van der Waals surface area contributed by atoms with Crippen LogP contribution in [0.2, 0.25) is 0 Å². The van der Waals surface area contributed by atoms with E-state index in [0.29, 0.717) is 6.41 Å². The summed E-state index contributed by atoms with van der Waals surface area (Å²) in [6.45, 7) is 0. The van der Waals surface area contributed by atoms with Crippen molar-refractivity contribution in [1.82, 2.24) is 4.90 Å². The number of halogens is 1. The third-order valence-electron chi connectivity index (χ3n) is 1.32. The summed E-state index contributed by atoms with van der Waals surface area (Å²) >= 11 is 5.80. The summed E-state index contributed by atoms with van der Waals surface area (Å²) < 4.78 is 4.85. The van der Waals surface area contributed by atoms with E-state index in [2.05, 4.69) is 6.08 Å². The Morgan fingerprint density at radius 1 is 1.82 bits per heavy atom. The fourth-order valence-electron chi connectivity index (χ4n) is 0.724. The van der Waals surface area contributed by atoms with Gasteiger partial charge in [-0.25, -0.2) is 0 Å². The van der Waals surface area contributed by atoms with Crippen LogP contribution in [0.25, 0.3) is 0 Å². The highest BCUT2D eigenvalue weighted by atomic mass is 35.5. The van der Waals surface area contributed by atoms with Gasteiger partial charge in [0.25, 0.3) is 5.18 Å². The molecule has 1 rings (SSSR count). The number of nitrogens with zero attached hydrogens (tertiary/aromatic N) is 1. The van der Waals surface area contributed by atoms with Gasteiger partial charge in [-0.3, -0.25) is 9.69 Å². The molecule has 0 fully saturated rings. The van der Waals surface area contributed by atoms with Crippen molar-refractivity contribution in [3.05, 3.63) is 24.4 Å². The van der Waals surface area contributed by atoms with Crippen LogP contribution in [0.15, 0.2) is 18.4 Å². The highest BCUT2D eigenvalue weighted by Gasteiger charge is 2.31. The second-order valence-electron chi connectivity index (χ2n) is 1.93. The van der Waals surface area contributed by atoms with Gasteiger partial charge in [0.05, 0.1) is 0 Å². The van der Waals surface area contributed by atoms with Gasteiger partial charge in [0.2, 0.25) is 6.41 Å². The van der Waals surface area contributed by atoms with Gasteiger partial charge in [-0.05, 0) is 6.08 Å². The topological polar surface area (TPSA) is 29.5 Å². The summed E-state index contributed by atoms with van der Waals surface area (Å²) in [5, 5.41) is -1.27. The Balaban J connectivity index is 2.85. The van der Waals surface area contributed by atoms with E-state index in [1.807, 2.05) is 0 Å². The molecular formula is C7H7ClNO2. The minimum Gasteiger partial charge on any atom is -0.342 e. The molecule has 0 aliphatic carbocycles. The van der Waals surface area contributed by atoms with Crippen molar-refractivity contribution in [2.45, 2.75) is 5.18 Å². The molecule has 0 spiro atoms. The molecule has 0 saturated heterocycles. The highest BCUT2D eigenvalue weighted by Crippen LogP contribution is 2.24. The molecule has 3 nitrogen and oxygen atoms in total. The van der Waals surface area contributed by atoms with Gasteiger partial charge in [0.1, 0.15) is 0 Å². The number of ether oxygens (including phenoxy) is 1. The third kappa shape index (κ3) is 1.44. The minimum absolute atomic E-state index is 0.576. The fourth-order valence-corrected chi connectivity index (χ4v) is 0.883. The van der Waals surface area contributed by atoms with E-state index in [1.165, 1.54) is 18.2 Å². The van der Waals surface area contributed by atoms with E-state index in [-0.39, 0.29) is 0 Å². The van der Waals surface area contributed by atoms with Crippen LogP contribution < -0.4 is 0 Å². The lowest BCUT2D eigenvalue weighted by Crippen LogP contribution is -2.41. The largest absolute Gasteiger partial charge is 0.342 e. The van der Waals surface area contributed by atoms with Gasteiger partial charge in [0.15, 0.2) is 0 Å². The first-order valence-electron chi connectivity index (χ1n) is 2.98. The molecule has 0 aromatic rings. The van der Waals surface area contributed by atoms with Crippen molar-refractivity contribution < 1.29 is 9.53 Å². The number of amides is 1. The van der Waals surface area contributed by atoms with Crippen LogP contribution in [-0.2, 0) is 9.53 Å². The molecule has 1 radical (unpaired) electrons. The Kier molecular flexibility index (Phi) is 2.31. The Hall–Kier alpha value is -0.800. The monoisotopic (exact) mass is 172 g/mol. The number of rotatable bonds is 2. The molecule has 1 heterocycles. The lowest BCUT2D eigenvalue weighted by molar-refractivity contribution is -0.126. The Morgan fingerprint density at radius 3 is 3.00 bits per heavy atom. The van der Waals surface area contributed by atoms with E-state index >= 15 is 0 Å². The van der Waals surface area contributed by atoms with Crippen LogP contribution >= 0.6 is 11.6 Å². The first-order chi connectivity index (χ1) is 5.23. The first kappa shape index (κ1) is 8.30. The zero-order valence-corrected chi connectivity index (χ0v) is 6.71. The van der Waals surface area contributed by atoms with E-state index < -0.39 is 5.18 Å². The van der Waals surface area contributed by atoms with Gasteiger partial charge in [-0.1, -0.05) is 17.7 Å². The molecule has 59 valence electrons. The summed E-state index contributed by atoms with van der Waals surface area (Å²) in [4.78, 5) is 11.6. The maximum atomic E-state index is 10.4. The number of carbonyl (C=O) groups excluding carboxylic acids is 1. The van der Waals surface area contributed by atoms with Crippen molar-refractivity contribution in [2.75, 3.05) is 7.11 Å². The van der Waals surface area contributed by atoms with Crippen molar-refractivity contribution in [3.63, 3.8) is 0 Å². The molecule has 0 saturated carbocycles. The van der Waals surface area contributed by atoms with Crippen LogP contribution in [0.4, 0.5) is 0 Å². The van der Waals surface area contributed by atoms with E-state index in [0.717, 1.165) is 0 Å². The molecule has 1 aliphatic heterocycles. The van der Waals surface area contributed by atoms with Crippen molar-refractivity contribution >= 4 is 18.0 Å².